The van der Waals surface area contributed by atoms with Gasteiger partial charge in [-0.1, -0.05) is 23.8 Å². The van der Waals surface area contributed by atoms with E-state index in [0.717, 1.165) is 27.7 Å². The Labute approximate surface area is 184 Å². The van der Waals surface area contributed by atoms with E-state index in [-0.39, 0.29) is 17.5 Å². The van der Waals surface area contributed by atoms with Crippen molar-refractivity contribution in [3.05, 3.63) is 74.9 Å². The van der Waals surface area contributed by atoms with Crippen LogP contribution in [0, 0.1) is 13.8 Å². The van der Waals surface area contributed by atoms with E-state index in [2.05, 4.69) is 54.1 Å². The minimum Gasteiger partial charge on any atom is -0.365 e. The number of aromatic nitrogens is 1. The van der Waals surface area contributed by atoms with Crippen LogP contribution in [0.5, 0.6) is 0 Å². The minimum absolute atomic E-state index is 0.0112. The summed E-state index contributed by atoms with van der Waals surface area (Å²) < 4.78 is 0.886. The summed E-state index contributed by atoms with van der Waals surface area (Å²) in [5, 5.41) is 1.59. The first-order chi connectivity index (χ1) is 14.9. The second kappa shape index (κ2) is 7.54. The SMILES string of the molecule is Cc1cccc(N2CCN(C(=O)c3cc4c(=O)[nH]c5ccc(C)cc5c4s3)CC2C)c1. The van der Waals surface area contributed by atoms with E-state index < -0.39 is 0 Å². The van der Waals surface area contributed by atoms with Crippen molar-refractivity contribution in [1.82, 2.24) is 9.88 Å². The lowest BCUT2D eigenvalue weighted by Crippen LogP contribution is -2.53. The van der Waals surface area contributed by atoms with Crippen LogP contribution in [-0.2, 0) is 0 Å². The van der Waals surface area contributed by atoms with Crippen LogP contribution in [0.1, 0.15) is 27.7 Å². The van der Waals surface area contributed by atoms with Crippen LogP contribution in [0.3, 0.4) is 0 Å². The fourth-order valence-electron chi connectivity index (χ4n) is 4.50. The van der Waals surface area contributed by atoms with Crippen molar-refractivity contribution >= 4 is 43.9 Å². The lowest BCUT2D eigenvalue weighted by atomic mass is 10.1. The van der Waals surface area contributed by atoms with Gasteiger partial charge in [-0.2, -0.15) is 0 Å². The fourth-order valence-corrected chi connectivity index (χ4v) is 5.65. The molecule has 1 atom stereocenters. The van der Waals surface area contributed by atoms with Crippen molar-refractivity contribution in [1.29, 1.82) is 0 Å². The second-order valence-corrected chi connectivity index (χ2v) is 9.54. The van der Waals surface area contributed by atoms with Gasteiger partial charge in [0.15, 0.2) is 0 Å². The maximum Gasteiger partial charge on any atom is 0.264 e. The van der Waals surface area contributed by atoms with Gasteiger partial charge in [-0.15, -0.1) is 11.3 Å². The largest absolute Gasteiger partial charge is 0.365 e. The first-order valence-electron chi connectivity index (χ1n) is 10.6. The van der Waals surface area contributed by atoms with E-state index in [1.807, 2.05) is 24.0 Å². The summed E-state index contributed by atoms with van der Waals surface area (Å²) in [6, 6.07) is 16.5. The van der Waals surface area contributed by atoms with Gasteiger partial charge in [0.2, 0.25) is 0 Å². The molecule has 158 valence electrons. The molecule has 2 aromatic carbocycles. The van der Waals surface area contributed by atoms with Gasteiger partial charge in [0.25, 0.3) is 11.5 Å². The number of aryl methyl sites for hydroxylation is 2. The molecule has 1 aliphatic heterocycles. The Kier molecular flexibility index (Phi) is 4.82. The molecule has 1 aliphatic rings. The van der Waals surface area contributed by atoms with Gasteiger partial charge in [0.05, 0.1) is 10.3 Å². The molecule has 0 bridgehead atoms. The van der Waals surface area contributed by atoms with Crippen molar-refractivity contribution in [2.24, 2.45) is 0 Å². The maximum absolute atomic E-state index is 13.3. The highest BCUT2D eigenvalue weighted by molar-refractivity contribution is 7.21. The van der Waals surface area contributed by atoms with Gasteiger partial charge >= 0.3 is 0 Å². The monoisotopic (exact) mass is 431 g/mol. The molecule has 0 radical (unpaired) electrons. The van der Waals surface area contributed by atoms with E-state index in [9.17, 15) is 9.59 Å². The van der Waals surface area contributed by atoms with Gasteiger partial charge in [-0.05, 0) is 56.7 Å². The molecule has 0 spiro atoms. The molecule has 0 saturated carbocycles. The number of carbonyl (C=O) groups excluding carboxylic acids is 1. The number of pyridine rings is 1. The van der Waals surface area contributed by atoms with E-state index in [0.29, 0.717) is 23.4 Å². The first kappa shape index (κ1) is 19.8. The van der Waals surface area contributed by atoms with Gasteiger partial charge in [0.1, 0.15) is 0 Å². The summed E-state index contributed by atoms with van der Waals surface area (Å²) in [5.41, 5.74) is 4.24. The number of nitrogens with zero attached hydrogens (tertiary/aromatic N) is 2. The van der Waals surface area contributed by atoms with Crippen molar-refractivity contribution in [2.75, 3.05) is 24.5 Å². The van der Waals surface area contributed by atoms with Crippen LogP contribution in [0.2, 0.25) is 0 Å². The number of benzene rings is 2. The average Bonchev–Trinajstić information content (AvgIpc) is 3.20. The van der Waals surface area contributed by atoms with Crippen LogP contribution in [-0.4, -0.2) is 41.5 Å². The molecule has 31 heavy (non-hydrogen) atoms. The van der Waals surface area contributed by atoms with Crippen molar-refractivity contribution < 1.29 is 4.79 Å². The second-order valence-electron chi connectivity index (χ2n) is 8.49. The Balaban J connectivity index is 1.44. The molecule has 1 amide bonds. The highest BCUT2D eigenvalue weighted by atomic mass is 32.1. The van der Waals surface area contributed by atoms with Crippen LogP contribution in [0.25, 0.3) is 21.0 Å². The number of fused-ring (bicyclic) bond motifs is 3. The molecule has 5 rings (SSSR count). The molecule has 1 N–H and O–H groups in total. The fraction of sp³-hybridized carbons (Fsp3) is 0.280. The van der Waals surface area contributed by atoms with Crippen molar-refractivity contribution in [3.63, 3.8) is 0 Å². The quantitative estimate of drug-likeness (QED) is 0.500. The number of H-pyrrole nitrogens is 1. The Morgan fingerprint density at radius 1 is 1.03 bits per heavy atom. The molecule has 6 heteroatoms. The third-order valence-corrected chi connectivity index (χ3v) is 7.26. The topological polar surface area (TPSA) is 56.4 Å². The number of anilines is 1. The predicted molar refractivity (Wildman–Crippen MR) is 129 cm³/mol. The van der Waals surface area contributed by atoms with Crippen LogP contribution in [0.15, 0.2) is 53.3 Å². The zero-order chi connectivity index (χ0) is 21.7. The highest BCUT2D eigenvalue weighted by Gasteiger charge is 2.28. The Morgan fingerprint density at radius 3 is 2.61 bits per heavy atom. The zero-order valence-electron chi connectivity index (χ0n) is 17.9. The van der Waals surface area contributed by atoms with Gasteiger partial charge < -0.3 is 14.8 Å². The molecule has 2 aromatic heterocycles. The molecule has 3 heterocycles. The number of piperazine rings is 1. The molecule has 1 unspecified atom stereocenters. The Hall–Kier alpha value is -3.12. The molecule has 1 saturated heterocycles. The third kappa shape index (κ3) is 3.51. The van der Waals surface area contributed by atoms with Crippen LogP contribution < -0.4 is 10.5 Å². The highest BCUT2D eigenvalue weighted by Crippen LogP contribution is 2.31. The minimum atomic E-state index is -0.140. The summed E-state index contributed by atoms with van der Waals surface area (Å²) in [4.78, 5) is 33.8. The van der Waals surface area contributed by atoms with Crippen molar-refractivity contribution in [2.45, 2.75) is 26.8 Å². The normalized spacial score (nSPS) is 16.9. The summed E-state index contributed by atoms with van der Waals surface area (Å²) in [7, 11) is 0. The van der Waals surface area contributed by atoms with Gasteiger partial charge in [0, 0.05) is 47.0 Å². The summed E-state index contributed by atoms with van der Waals surface area (Å²) in [6.45, 7) is 8.42. The molecular weight excluding hydrogens is 406 g/mol. The Bertz CT molecular complexity index is 1370. The summed E-state index contributed by atoms with van der Waals surface area (Å²) in [6.07, 6.45) is 0. The molecular formula is C25H25N3O2S. The molecule has 4 aromatic rings. The summed E-state index contributed by atoms with van der Waals surface area (Å²) in [5.74, 6) is 0.0112. The van der Waals surface area contributed by atoms with E-state index >= 15 is 0 Å². The lowest BCUT2D eigenvalue weighted by Gasteiger charge is -2.41. The first-order valence-corrected chi connectivity index (χ1v) is 11.4. The molecule has 1 fully saturated rings. The van der Waals surface area contributed by atoms with E-state index in [4.69, 9.17) is 0 Å². The lowest BCUT2D eigenvalue weighted by molar-refractivity contribution is 0.0731. The predicted octanol–water partition coefficient (Wildman–Crippen LogP) is 4.71. The van der Waals surface area contributed by atoms with Crippen molar-refractivity contribution in [3.8, 4) is 0 Å². The Morgan fingerprint density at radius 2 is 1.84 bits per heavy atom. The molecule has 0 aliphatic carbocycles. The van der Waals surface area contributed by atoms with Gasteiger partial charge in [-0.25, -0.2) is 0 Å². The third-order valence-electron chi connectivity index (χ3n) is 6.10. The molecule has 5 nitrogen and oxygen atoms in total. The number of hydrogen-bond donors (Lipinski definition) is 1. The van der Waals surface area contributed by atoms with E-state index in [1.165, 1.54) is 22.6 Å². The maximum atomic E-state index is 13.3. The number of carbonyl (C=O) groups is 1. The number of aromatic amines is 1. The average molecular weight is 432 g/mol. The smallest absolute Gasteiger partial charge is 0.264 e. The number of nitrogens with one attached hydrogen (secondary N) is 1. The number of thiophene rings is 1. The van der Waals surface area contributed by atoms with Gasteiger partial charge in [-0.3, -0.25) is 9.59 Å². The van der Waals surface area contributed by atoms with Crippen LogP contribution in [0.4, 0.5) is 5.69 Å². The zero-order valence-corrected chi connectivity index (χ0v) is 18.8. The number of amides is 1. The van der Waals surface area contributed by atoms with Crippen LogP contribution >= 0.6 is 11.3 Å². The number of rotatable bonds is 2. The summed E-state index contributed by atoms with van der Waals surface area (Å²) >= 11 is 1.43. The standard InChI is InChI=1S/C25H25N3O2S/c1-15-5-4-6-18(11-15)28-10-9-27(14-17(28)3)25(30)22-13-20-23(31-22)19-12-16(2)7-8-21(19)26-24(20)29/h4-8,11-13,17H,9-10,14H2,1-3H3,(H,26,29). The number of hydrogen-bond acceptors (Lipinski definition) is 4. The van der Waals surface area contributed by atoms with E-state index in [1.54, 1.807) is 6.07 Å².